The first kappa shape index (κ1) is 19.7. The van der Waals surface area contributed by atoms with Crippen molar-refractivity contribution < 1.29 is 27.1 Å². The third kappa shape index (κ3) is 5.20. The van der Waals surface area contributed by atoms with E-state index in [1.807, 2.05) is 0 Å². The number of carbonyl (C=O) groups excluding carboxylic acids is 1. The largest absolute Gasteiger partial charge is 0.711 e. The number of halogens is 1. The van der Waals surface area contributed by atoms with Crippen LogP contribution >= 0.6 is 0 Å². The van der Waals surface area contributed by atoms with Crippen molar-refractivity contribution in [3.8, 4) is 0 Å². The normalized spacial score (nSPS) is 11.5. The molecule has 26 heavy (non-hydrogen) atoms. The number of nitrogens with zero attached hydrogens (tertiary/aromatic N) is 3. The molecule has 8 nitrogen and oxygen atoms in total. The van der Waals surface area contributed by atoms with Crippen LogP contribution in [0.3, 0.4) is 0 Å². The molecule has 0 aliphatic rings. The molecule has 0 aliphatic carbocycles. The van der Waals surface area contributed by atoms with Gasteiger partial charge in [0.05, 0.1) is 11.1 Å². The van der Waals surface area contributed by atoms with Crippen LogP contribution in [-0.4, -0.2) is 37.3 Å². The van der Waals surface area contributed by atoms with Crippen LogP contribution in [0.5, 0.6) is 0 Å². The maximum atomic E-state index is 12.9. The molecular weight excluding hydrogens is 365 g/mol. The molecule has 0 bridgehead atoms. The van der Waals surface area contributed by atoms with Gasteiger partial charge in [-0.25, -0.2) is 21.8 Å². The molecule has 2 rings (SSSR count). The molecule has 0 radical (unpaired) electrons. The standard InChI is InChI=1S/C16H18FN3O5S/c1-19(26(23,24)14-7-5-13(17)6-8-14)10-2-4-16(21)25-12-15-18-9-3-11-20(15)22/h3,5-9,11H,2,4,10,12H2,1H3. The van der Waals surface area contributed by atoms with Crippen LogP contribution in [0, 0.1) is 11.0 Å². The molecule has 0 unspecified atom stereocenters. The van der Waals surface area contributed by atoms with Crippen molar-refractivity contribution in [3.05, 3.63) is 59.6 Å². The van der Waals surface area contributed by atoms with Crippen LogP contribution in [-0.2, 0) is 26.2 Å². The summed E-state index contributed by atoms with van der Waals surface area (Å²) in [6, 6.07) is 5.95. The second-order valence-electron chi connectivity index (χ2n) is 5.41. The number of hydrogen-bond acceptors (Lipinski definition) is 6. The summed E-state index contributed by atoms with van der Waals surface area (Å²) in [5.41, 5.74) is 0. The first-order valence-corrected chi connectivity index (χ1v) is 9.15. The molecule has 0 amide bonds. The fourth-order valence-electron chi connectivity index (χ4n) is 2.06. The zero-order valence-electron chi connectivity index (χ0n) is 14.0. The molecular formula is C16H18FN3O5S. The summed E-state index contributed by atoms with van der Waals surface area (Å²) in [7, 11) is -2.38. The van der Waals surface area contributed by atoms with Crippen molar-refractivity contribution in [2.24, 2.45) is 0 Å². The average molecular weight is 383 g/mol. The summed E-state index contributed by atoms with van der Waals surface area (Å²) in [5, 5.41) is 11.4. The highest BCUT2D eigenvalue weighted by molar-refractivity contribution is 7.89. The van der Waals surface area contributed by atoms with E-state index in [1.54, 1.807) is 0 Å². The van der Waals surface area contributed by atoms with E-state index in [9.17, 15) is 22.8 Å². The number of sulfonamides is 1. The lowest BCUT2D eigenvalue weighted by atomic mass is 10.3. The van der Waals surface area contributed by atoms with Crippen molar-refractivity contribution in [2.75, 3.05) is 13.6 Å². The molecule has 1 aromatic carbocycles. The Bertz CT molecular complexity index is 858. The predicted molar refractivity (Wildman–Crippen MR) is 88.4 cm³/mol. The van der Waals surface area contributed by atoms with E-state index in [4.69, 9.17) is 4.74 Å². The maximum absolute atomic E-state index is 12.9. The molecule has 10 heteroatoms. The molecule has 0 atom stereocenters. The van der Waals surface area contributed by atoms with Gasteiger partial charge in [-0.1, -0.05) is 0 Å². The maximum Gasteiger partial charge on any atom is 0.339 e. The molecule has 1 heterocycles. The van der Waals surface area contributed by atoms with Gasteiger partial charge in [0, 0.05) is 26.1 Å². The number of carbonyl (C=O) groups is 1. The summed E-state index contributed by atoms with van der Waals surface area (Å²) >= 11 is 0. The number of esters is 1. The fourth-order valence-corrected chi connectivity index (χ4v) is 3.27. The second kappa shape index (κ2) is 8.68. The first-order chi connectivity index (χ1) is 12.3. The van der Waals surface area contributed by atoms with Crippen molar-refractivity contribution in [3.63, 3.8) is 0 Å². The number of rotatable bonds is 8. The highest BCUT2D eigenvalue weighted by atomic mass is 32.2. The molecule has 2 aromatic rings. The highest BCUT2D eigenvalue weighted by Gasteiger charge is 2.21. The average Bonchev–Trinajstić information content (AvgIpc) is 2.61. The summed E-state index contributed by atoms with van der Waals surface area (Å²) in [6.45, 7) is -0.174. The molecule has 1 aromatic heterocycles. The highest BCUT2D eigenvalue weighted by Crippen LogP contribution is 2.15. The van der Waals surface area contributed by atoms with Gasteiger partial charge in [-0.15, -0.1) is 0 Å². The second-order valence-corrected chi connectivity index (χ2v) is 7.45. The third-order valence-electron chi connectivity index (χ3n) is 3.52. The van der Waals surface area contributed by atoms with Gasteiger partial charge in [0.2, 0.25) is 10.0 Å². The Kier molecular flexibility index (Phi) is 6.58. The smallest absolute Gasteiger partial charge is 0.339 e. The number of hydrogen-bond donors (Lipinski definition) is 0. The van der Waals surface area contributed by atoms with Gasteiger partial charge in [-0.2, -0.15) is 0 Å². The third-order valence-corrected chi connectivity index (χ3v) is 5.39. The zero-order valence-corrected chi connectivity index (χ0v) is 14.9. The number of aromatic nitrogens is 2. The summed E-state index contributed by atoms with van der Waals surface area (Å²) in [5.74, 6) is -1.04. The Hall–Kier alpha value is -2.59. The van der Waals surface area contributed by atoms with Crippen molar-refractivity contribution in [2.45, 2.75) is 24.3 Å². The minimum Gasteiger partial charge on any atom is -0.711 e. The summed E-state index contributed by atoms with van der Waals surface area (Å²) in [4.78, 5) is 15.5. The topological polar surface area (TPSA) is 104 Å². The lowest BCUT2D eigenvalue weighted by Gasteiger charge is -2.16. The Morgan fingerprint density at radius 3 is 2.69 bits per heavy atom. The fraction of sp³-hybridized carbons (Fsp3) is 0.312. The molecule has 0 saturated carbocycles. The van der Waals surface area contributed by atoms with E-state index in [2.05, 4.69) is 4.98 Å². The molecule has 0 saturated heterocycles. The lowest BCUT2D eigenvalue weighted by molar-refractivity contribution is -0.620. The van der Waals surface area contributed by atoms with Gasteiger partial charge in [0.15, 0.2) is 6.61 Å². The van der Waals surface area contributed by atoms with E-state index in [1.165, 1.54) is 37.6 Å². The van der Waals surface area contributed by atoms with E-state index >= 15 is 0 Å². The summed E-state index contributed by atoms with van der Waals surface area (Å²) < 4.78 is 44.0. The minimum absolute atomic E-state index is 0.0189. The zero-order chi connectivity index (χ0) is 19.2. The Morgan fingerprint density at radius 1 is 1.35 bits per heavy atom. The molecule has 0 N–H and O–H groups in total. The number of benzene rings is 1. The van der Waals surface area contributed by atoms with Gasteiger partial charge in [-0.05, 0) is 35.7 Å². The van der Waals surface area contributed by atoms with Crippen LogP contribution in [0.1, 0.15) is 18.7 Å². The van der Waals surface area contributed by atoms with Crippen LogP contribution in [0.2, 0.25) is 0 Å². The predicted octanol–water partition coefficient (Wildman–Crippen LogP) is 0.998. The van der Waals surface area contributed by atoms with E-state index in [0.717, 1.165) is 16.4 Å². The Labute approximate surface area is 150 Å². The van der Waals surface area contributed by atoms with Crippen molar-refractivity contribution >= 4 is 16.0 Å². The molecule has 0 aliphatic heterocycles. The lowest BCUT2D eigenvalue weighted by Crippen LogP contribution is -2.33. The van der Waals surface area contributed by atoms with Gasteiger partial charge in [0.25, 0.3) is 0 Å². The first-order valence-electron chi connectivity index (χ1n) is 7.71. The van der Waals surface area contributed by atoms with Crippen LogP contribution < -0.4 is 4.73 Å². The van der Waals surface area contributed by atoms with E-state index in [-0.39, 0.29) is 36.7 Å². The van der Waals surface area contributed by atoms with Gasteiger partial charge in [0.1, 0.15) is 12.0 Å². The van der Waals surface area contributed by atoms with Crippen LogP contribution in [0.4, 0.5) is 4.39 Å². The summed E-state index contributed by atoms with van der Waals surface area (Å²) in [6.07, 6.45) is 2.86. The van der Waals surface area contributed by atoms with Crippen molar-refractivity contribution in [1.82, 2.24) is 9.29 Å². The molecule has 0 spiro atoms. The van der Waals surface area contributed by atoms with Crippen LogP contribution in [0.25, 0.3) is 0 Å². The minimum atomic E-state index is -3.75. The van der Waals surface area contributed by atoms with Crippen molar-refractivity contribution in [1.29, 1.82) is 0 Å². The van der Waals surface area contributed by atoms with E-state index < -0.39 is 21.8 Å². The van der Waals surface area contributed by atoms with Gasteiger partial charge >= 0.3 is 11.8 Å². The number of ether oxygens (including phenoxy) is 1. The molecule has 140 valence electrons. The van der Waals surface area contributed by atoms with Gasteiger partial charge < -0.3 is 9.94 Å². The van der Waals surface area contributed by atoms with Gasteiger partial charge in [-0.3, -0.25) is 4.79 Å². The Balaban J connectivity index is 1.80. The SMILES string of the molecule is CN(CCCC(=O)OCc1nccc[n+]1[O-])S(=O)(=O)c1ccc(F)cc1. The quantitative estimate of drug-likeness (QED) is 0.383. The monoisotopic (exact) mass is 383 g/mol. The van der Waals surface area contributed by atoms with Crippen LogP contribution in [0.15, 0.2) is 47.6 Å². The van der Waals surface area contributed by atoms with E-state index in [0.29, 0.717) is 4.73 Å². The molecule has 0 fully saturated rings. The Morgan fingerprint density at radius 2 is 2.04 bits per heavy atom.